The molecule has 0 saturated heterocycles. The molecule has 0 unspecified atom stereocenters. The lowest BCUT2D eigenvalue weighted by Gasteiger charge is -2.17. The first-order valence-electron chi connectivity index (χ1n) is 6.97. The van der Waals surface area contributed by atoms with Gasteiger partial charge >= 0.3 is 0 Å². The number of hydrogen-bond acceptors (Lipinski definition) is 4. The third-order valence-electron chi connectivity index (χ3n) is 3.16. The van der Waals surface area contributed by atoms with Crippen molar-refractivity contribution < 1.29 is 9.72 Å². The van der Waals surface area contributed by atoms with Crippen molar-refractivity contribution in [3.63, 3.8) is 0 Å². The van der Waals surface area contributed by atoms with E-state index in [1.165, 1.54) is 29.2 Å². The molecule has 0 aliphatic heterocycles. The van der Waals surface area contributed by atoms with Crippen LogP contribution in [0.5, 0.6) is 0 Å². The van der Waals surface area contributed by atoms with Gasteiger partial charge in [-0.2, -0.15) is 0 Å². The Balaban J connectivity index is 2.21. The average molecular weight is 411 g/mol. The standard InChI is InChI=1S/C16H13BrClN3O3/c1-2-20(15-7-5-12(17)10-19-15)16(22)8-4-11-3-6-13(18)14(9-11)21(23)24/h3-10H,2H2,1H3/b8-4+. The molecule has 0 fully saturated rings. The molecule has 0 radical (unpaired) electrons. The Bertz CT molecular complexity index is 794. The lowest BCUT2D eigenvalue weighted by atomic mass is 10.2. The third kappa shape index (κ3) is 4.39. The molecule has 8 heteroatoms. The van der Waals surface area contributed by atoms with Crippen LogP contribution < -0.4 is 4.90 Å². The van der Waals surface area contributed by atoms with Gasteiger partial charge in [0, 0.05) is 29.4 Å². The maximum absolute atomic E-state index is 12.3. The second-order valence-electron chi connectivity index (χ2n) is 4.72. The molecule has 0 saturated carbocycles. The molecular weight excluding hydrogens is 398 g/mol. The van der Waals surface area contributed by atoms with Crippen molar-refractivity contribution in [1.82, 2.24) is 4.98 Å². The number of amides is 1. The first-order chi connectivity index (χ1) is 11.4. The van der Waals surface area contributed by atoms with Crippen molar-refractivity contribution in [2.75, 3.05) is 11.4 Å². The maximum Gasteiger partial charge on any atom is 0.288 e. The molecule has 0 atom stereocenters. The highest BCUT2D eigenvalue weighted by molar-refractivity contribution is 9.10. The van der Waals surface area contributed by atoms with Crippen LogP contribution in [-0.2, 0) is 4.79 Å². The highest BCUT2D eigenvalue weighted by Gasteiger charge is 2.14. The van der Waals surface area contributed by atoms with E-state index in [0.717, 1.165) is 4.47 Å². The van der Waals surface area contributed by atoms with Crippen LogP contribution in [-0.4, -0.2) is 22.4 Å². The van der Waals surface area contributed by atoms with Gasteiger partial charge in [-0.05, 0) is 52.7 Å². The van der Waals surface area contributed by atoms with E-state index in [1.54, 1.807) is 24.4 Å². The lowest BCUT2D eigenvalue weighted by Crippen LogP contribution is -2.29. The summed E-state index contributed by atoms with van der Waals surface area (Å²) in [6.45, 7) is 2.28. The number of carbonyl (C=O) groups is 1. The van der Waals surface area contributed by atoms with Crippen molar-refractivity contribution in [1.29, 1.82) is 0 Å². The number of hydrogen-bond donors (Lipinski definition) is 0. The van der Waals surface area contributed by atoms with Gasteiger partial charge in [0.2, 0.25) is 0 Å². The van der Waals surface area contributed by atoms with Gasteiger partial charge in [-0.1, -0.05) is 17.7 Å². The number of nitrogens with zero attached hydrogens (tertiary/aromatic N) is 3. The largest absolute Gasteiger partial charge is 0.294 e. The molecule has 1 amide bonds. The van der Waals surface area contributed by atoms with E-state index >= 15 is 0 Å². The molecular formula is C16H13BrClN3O3. The van der Waals surface area contributed by atoms with Crippen LogP contribution in [0.15, 0.2) is 47.1 Å². The number of nitro benzene ring substituents is 1. The fourth-order valence-electron chi connectivity index (χ4n) is 1.99. The van der Waals surface area contributed by atoms with Crippen LogP contribution in [0.1, 0.15) is 12.5 Å². The number of halogens is 2. The number of likely N-dealkylation sites (N-methyl/N-ethyl adjacent to an activating group) is 1. The first-order valence-corrected chi connectivity index (χ1v) is 8.14. The minimum atomic E-state index is -0.564. The number of carbonyl (C=O) groups excluding carboxylic acids is 1. The molecule has 24 heavy (non-hydrogen) atoms. The van der Waals surface area contributed by atoms with Gasteiger partial charge in [-0.25, -0.2) is 4.98 Å². The summed E-state index contributed by atoms with van der Waals surface area (Å²) < 4.78 is 0.818. The van der Waals surface area contributed by atoms with E-state index in [1.807, 2.05) is 6.92 Å². The van der Waals surface area contributed by atoms with Crippen molar-refractivity contribution in [3.05, 3.63) is 67.8 Å². The van der Waals surface area contributed by atoms with Crippen LogP contribution in [0, 0.1) is 10.1 Å². The van der Waals surface area contributed by atoms with Gasteiger partial charge in [0.15, 0.2) is 0 Å². The number of nitro groups is 1. The minimum absolute atomic E-state index is 0.0534. The number of benzene rings is 1. The normalized spacial score (nSPS) is 10.8. The summed E-state index contributed by atoms with van der Waals surface area (Å²) in [6, 6.07) is 7.88. The molecule has 1 aromatic carbocycles. The predicted octanol–water partition coefficient (Wildman–Crippen LogP) is 4.47. The summed E-state index contributed by atoms with van der Waals surface area (Å²) >= 11 is 9.06. The van der Waals surface area contributed by atoms with E-state index in [9.17, 15) is 14.9 Å². The quantitative estimate of drug-likeness (QED) is 0.414. The summed E-state index contributed by atoms with van der Waals surface area (Å²) in [5.41, 5.74) is 0.312. The van der Waals surface area contributed by atoms with E-state index in [-0.39, 0.29) is 16.6 Å². The van der Waals surface area contributed by atoms with Gasteiger partial charge in [-0.3, -0.25) is 19.8 Å². The summed E-state index contributed by atoms with van der Waals surface area (Å²) in [5.74, 6) is 0.252. The van der Waals surface area contributed by atoms with Gasteiger partial charge < -0.3 is 0 Å². The number of rotatable bonds is 5. The van der Waals surface area contributed by atoms with Crippen molar-refractivity contribution in [3.8, 4) is 0 Å². The van der Waals surface area contributed by atoms with E-state index in [0.29, 0.717) is 17.9 Å². The van der Waals surface area contributed by atoms with Crippen LogP contribution in [0.4, 0.5) is 11.5 Å². The predicted molar refractivity (Wildman–Crippen MR) is 97.1 cm³/mol. The lowest BCUT2D eigenvalue weighted by molar-refractivity contribution is -0.384. The Morgan fingerprint density at radius 2 is 2.17 bits per heavy atom. The molecule has 1 heterocycles. The zero-order chi connectivity index (χ0) is 17.7. The Hall–Kier alpha value is -2.25. The van der Waals surface area contributed by atoms with Crippen LogP contribution in [0.2, 0.25) is 5.02 Å². The zero-order valence-electron chi connectivity index (χ0n) is 12.6. The van der Waals surface area contributed by atoms with Gasteiger partial charge in [0.25, 0.3) is 11.6 Å². The molecule has 124 valence electrons. The third-order valence-corrected chi connectivity index (χ3v) is 3.94. The highest BCUT2D eigenvalue weighted by atomic mass is 79.9. The summed E-state index contributed by atoms with van der Waals surface area (Å²) in [4.78, 5) is 28.4. The number of anilines is 1. The van der Waals surface area contributed by atoms with Crippen LogP contribution in [0.3, 0.4) is 0 Å². The number of pyridine rings is 1. The van der Waals surface area contributed by atoms with E-state index < -0.39 is 4.92 Å². The molecule has 0 spiro atoms. The van der Waals surface area contributed by atoms with E-state index in [2.05, 4.69) is 20.9 Å². The van der Waals surface area contributed by atoms with Crippen molar-refractivity contribution in [2.45, 2.75) is 6.92 Å². The maximum atomic E-state index is 12.3. The Morgan fingerprint density at radius 1 is 1.42 bits per heavy atom. The first kappa shape index (κ1) is 18.1. The van der Waals surface area contributed by atoms with Crippen LogP contribution >= 0.6 is 27.5 Å². The summed E-state index contributed by atoms with van der Waals surface area (Å²) in [5, 5.41) is 10.9. The van der Waals surface area contributed by atoms with Gasteiger partial charge in [-0.15, -0.1) is 0 Å². The molecule has 0 bridgehead atoms. The van der Waals surface area contributed by atoms with Crippen molar-refractivity contribution >= 4 is 51.0 Å². The zero-order valence-corrected chi connectivity index (χ0v) is 15.0. The molecule has 6 nitrogen and oxygen atoms in total. The van der Waals surface area contributed by atoms with Crippen LogP contribution in [0.25, 0.3) is 6.08 Å². The minimum Gasteiger partial charge on any atom is -0.294 e. The monoisotopic (exact) mass is 409 g/mol. The molecule has 0 aliphatic carbocycles. The smallest absolute Gasteiger partial charge is 0.288 e. The second kappa shape index (κ2) is 8.03. The molecule has 0 aliphatic rings. The SMILES string of the molecule is CCN(C(=O)/C=C/c1ccc(Cl)c([N+](=O)[O-])c1)c1ccc(Br)cn1. The summed E-state index contributed by atoms with van der Waals surface area (Å²) in [6.07, 6.45) is 4.46. The molecule has 0 N–H and O–H groups in total. The second-order valence-corrected chi connectivity index (χ2v) is 6.04. The Labute approximate surface area is 152 Å². The Morgan fingerprint density at radius 3 is 2.75 bits per heavy atom. The Kier molecular flexibility index (Phi) is 6.05. The topological polar surface area (TPSA) is 76.3 Å². The fraction of sp³-hybridized carbons (Fsp3) is 0.125. The molecule has 2 rings (SSSR count). The fourth-order valence-corrected chi connectivity index (χ4v) is 2.41. The molecule has 1 aromatic heterocycles. The highest BCUT2D eigenvalue weighted by Crippen LogP contribution is 2.25. The van der Waals surface area contributed by atoms with E-state index in [4.69, 9.17) is 11.6 Å². The summed E-state index contributed by atoms with van der Waals surface area (Å²) in [7, 11) is 0. The molecule has 2 aromatic rings. The van der Waals surface area contributed by atoms with Crippen molar-refractivity contribution in [2.24, 2.45) is 0 Å². The average Bonchev–Trinajstić information content (AvgIpc) is 2.56. The number of aromatic nitrogens is 1. The van der Waals surface area contributed by atoms with Gasteiger partial charge in [0.1, 0.15) is 10.8 Å². The van der Waals surface area contributed by atoms with Gasteiger partial charge in [0.05, 0.1) is 4.92 Å².